The van der Waals surface area contributed by atoms with Gasteiger partial charge in [-0.1, -0.05) is 18.2 Å². The predicted molar refractivity (Wildman–Crippen MR) is 77.4 cm³/mol. The summed E-state index contributed by atoms with van der Waals surface area (Å²) in [5.41, 5.74) is 1.81. The lowest BCUT2D eigenvalue weighted by atomic mass is 10.0. The summed E-state index contributed by atoms with van der Waals surface area (Å²) in [7, 11) is 0. The minimum Gasteiger partial charge on any atom is -0.493 e. The Morgan fingerprint density at radius 3 is 2.67 bits per heavy atom. The maximum Gasteiger partial charge on any atom is 0.126 e. The Balaban J connectivity index is 1.61. The summed E-state index contributed by atoms with van der Waals surface area (Å²) in [6.07, 6.45) is 1.49. The standard InChI is InChI=1S/C17H17F2NO/c18-13-9-12(10-14(19)11-13)5-7-20-16-6-8-21-17-4-2-1-3-15(16)17/h1-4,9-11,16,20H,5-8H2. The lowest BCUT2D eigenvalue weighted by Crippen LogP contribution is -2.28. The molecular weight excluding hydrogens is 272 g/mol. The summed E-state index contributed by atoms with van der Waals surface area (Å²) in [5, 5.41) is 3.44. The lowest BCUT2D eigenvalue weighted by molar-refractivity contribution is 0.253. The maximum absolute atomic E-state index is 13.1. The summed E-state index contributed by atoms with van der Waals surface area (Å²) in [5.74, 6) is -0.138. The Morgan fingerprint density at radius 2 is 1.86 bits per heavy atom. The van der Waals surface area contributed by atoms with Gasteiger partial charge in [-0.2, -0.15) is 0 Å². The zero-order valence-electron chi connectivity index (χ0n) is 11.6. The summed E-state index contributed by atoms with van der Waals surface area (Å²) in [6, 6.07) is 11.8. The van der Waals surface area contributed by atoms with E-state index in [-0.39, 0.29) is 6.04 Å². The summed E-state index contributed by atoms with van der Waals surface area (Å²) in [6.45, 7) is 1.35. The second-order valence-electron chi connectivity index (χ2n) is 5.21. The highest BCUT2D eigenvalue weighted by Crippen LogP contribution is 2.31. The van der Waals surface area contributed by atoms with Crippen LogP contribution in [0.5, 0.6) is 5.75 Å². The Kier molecular flexibility index (Phi) is 4.15. The highest BCUT2D eigenvalue weighted by Gasteiger charge is 2.20. The molecule has 3 rings (SSSR count). The molecule has 1 aliphatic heterocycles. The number of ether oxygens (including phenoxy) is 1. The molecule has 0 aromatic heterocycles. The van der Waals surface area contributed by atoms with Gasteiger partial charge in [-0.05, 0) is 36.7 Å². The number of hydrogen-bond acceptors (Lipinski definition) is 2. The van der Waals surface area contributed by atoms with Gasteiger partial charge in [0.05, 0.1) is 6.61 Å². The van der Waals surface area contributed by atoms with Crippen LogP contribution in [0.1, 0.15) is 23.6 Å². The maximum atomic E-state index is 13.1. The Bertz CT molecular complexity index is 610. The van der Waals surface area contributed by atoms with E-state index in [1.165, 1.54) is 12.1 Å². The molecule has 110 valence electrons. The third-order valence-corrected chi connectivity index (χ3v) is 3.69. The first-order valence-electron chi connectivity index (χ1n) is 7.12. The first kappa shape index (κ1) is 14.0. The van der Waals surface area contributed by atoms with Crippen LogP contribution in [0, 0.1) is 11.6 Å². The van der Waals surface area contributed by atoms with Crippen LogP contribution in [0.15, 0.2) is 42.5 Å². The fourth-order valence-electron chi connectivity index (χ4n) is 2.70. The number of fused-ring (bicyclic) bond motifs is 1. The molecule has 1 unspecified atom stereocenters. The van der Waals surface area contributed by atoms with Gasteiger partial charge >= 0.3 is 0 Å². The van der Waals surface area contributed by atoms with Crippen LogP contribution in [0.3, 0.4) is 0 Å². The first-order valence-corrected chi connectivity index (χ1v) is 7.12. The smallest absolute Gasteiger partial charge is 0.126 e. The molecule has 0 saturated carbocycles. The van der Waals surface area contributed by atoms with Crippen molar-refractivity contribution in [2.45, 2.75) is 18.9 Å². The van der Waals surface area contributed by atoms with Crippen molar-refractivity contribution in [3.05, 3.63) is 65.2 Å². The van der Waals surface area contributed by atoms with E-state index in [9.17, 15) is 8.78 Å². The van der Waals surface area contributed by atoms with Crippen LogP contribution in [0.25, 0.3) is 0 Å². The van der Waals surface area contributed by atoms with Gasteiger partial charge < -0.3 is 10.1 Å². The fraction of sp³-hybridized carbons (Fsp3) is 0.294. The van der Waals surface area contributed by atoms with Crippen molar-refractivity contribution in [2.24, 2.45) is 0 Å². The molecule has 0 spiro atoms. The zero-order chi connectivity index (χ0) is 14.7. The molecule has 21 heavy (non-hydrogen) atoms. The molecule has 0 fully saturated rings. The minimum absolute atomic E-state index is 0.230. The highest BCUT2D eigenvalue weighted by molar-refractivity contribution is 5.37. The topological polar surface area (TPSA) is 21.3 Å². The summed E-state index contributed by atoms with van der Waals surface area (Å²) < 4.78 is 31.9. The number of nitrogens with one attached hydrogen (secondary N) is 1. The third-order valence-electron chi connectivity index (χ3n) is 3.69. The highest BCUT2D eigenvalue weighted by atomic mass is 19.1. The third kappa shape index (κ3) is 3.39. The van der Waals surface area contributed by atoms with Crippen molar-refractivity contribution in [3.8, 4) is 5.75 Å². The molecule has 0 saturated heterocycles. The number of benzene rings is 2. The molecule has 2 nitrogen and oxygen atoms in total. The molecule has 1 atom stereocenters. The van der Waals surface area contributed by atoms with Crippen LogP contribution in [-0.4, -0.2) is 13.2 Å². The molecule has 0 aliphatic carbocycles. The molecule has 1 N–H and O–H groups in total. The van der Waals surface area contributed by atoms with Crippen LogP contribution >= 0.6 is 0 Å². The van der Waals surface area contributed by atoms with Crippen molar-refractivity contribution >= 4 is 0 Å². The van der Waals surface area contributed by atoms with Gasteiger partial charge in [-0.15, -0.1) is 0 Å². The lowest BCUT2D eigenvalue weighted by Gasteiger charge is -2.26. The fourth-order valence-corrected chi connectivity index (χ4v) is 2.70. The Hall–Kier alpha value is -1.94. The summed E-state index contributed by atoms with van der Waals surface area (Å²) >= 11 is 0. The van der Waals surface area contributed by atoms with Gasteiger partial charge in [0.25, 0.3) is 0 Å². The average molecular weight is 289 g/mol. The van der Waals surface area contributed by atoms with Gasteiger partial charge in [0.1, 0.15) is 17.4 Å². The first-order chi connectivity index (χ1) is 10.2. The number of para-hydroxylation sites is 1. The number of halogens is 2. The van der Waals surface area contributed by atoms with Crippen molar-refractivity contribution in [1.29, 1.82) is 0 Å². The second-order valence-corrected chi connectivity index (χ2v) is 5.21. The van der Waals surface area contributed by atoms with E-state index in [0.717, 1.165) is 23.8 Å². The largest absolute Gasteiger partial charge is 0.493 e. The van der Waals surface area contributed by atoms with Gasteiger partial charge in [-0.25, -0.2) is 8.78 Å². The Morgan fingerprint density at radius 1 is 1.10 bits per heavy atom. The Labute approximate surface area is 122 Å². The van der Waals surface area contributed by atoms with E-state index in [0.29, 0.717) is 25.1 Å². The molecular formula is C17H17F2NO. The van der Waals surface area contributed by atoms with E-state index < -0.39 is 11.6 Å². The quantitative estimate of drug-likeness (QED) is 0.928. The van der Waals surface area contributed by atoms with Crippen molar-refractivity contribution in [1.82, 2.24) is 5.32 Å². The minimum atomic E-state index is -0.526. The van der Waals surface area contributed by atoms with Crippen molar-refractivity contribution < 1.29 is 13.5 Å². The number of rotatable bonds is 4. The molecule has 0 radical (unpaired) electrons. The van der Waals surface area contributed by atoms with Gasteiger partial charge in [0, 0.05) is 24.1 Å². The van der Waals surface area contributed by atoms with Crippen LogP contribution in [-0.2, 0) is 6.42 Å². The van der Waals surface area contributed by atoms with E-state index in [1.54, 1.807) is 0 Å². The van der Waals surface area contributed by atoms with E-state index in [4.69, 9.17) is 4.74 Å². The molecule has 0 amide bonds. The molecule has 2 aromatic rings. The zero-order valence-corrected chi connectivity index (χ0v) is 11.6. The van der Waals surface area contributed by atoms with Crippen molar-refractivity contribution in [3.63, 3.8) is 0 Å². The normalized spacial score (nSPS) is 17.1. The van der Waals surface area contributed by atoms with E-state index in [2.05, 4.69) is 5.32 Å². The van der Waals surface area contributed by atoms with Gasteiger partial charge in [-0.3, -0.25) is 0 Å². The molecule has 2 aromatic carbocycles. The van der Waals surface area contributed by atoms with E-state index >= 15 is 0 Å². The molecule has 0 bridgehead atoms. The van der Waals surface area contributed by atoms with Crippen LogP contribution in [0.4, 0.5) is 8.78 Å². The van der Waals surface area contributed by atoms with E-state index in [1.807, 2.05) is 24.3 Å². The monoisotopic (exact) mass is 289 g/mol. The second kappa shape index (κ2) is 6.22. The van der Waals surface area contributed by atoms with Gasteiger partial charge in [0.2, 0.25) is 0 Å². The summed E-state index contributed by atoms with van der Waals surface area (Å²) in [4.78, 5) is 0. The molecule has 1 heterocycles. The number of hydrogen-bond donors (Lipinski definition) is 1. The SMILES string of the molecule is Fc1cc(F)cc(CCNC2CCOc3ccccc32)c1. The molecule has 4 heteroatoms. The van der Waals surface area contributed by atoms with Crippen LogP contribution in [0.2, 0.25) is 0 Å². The average Bonchev–Trinajstić information content (AvgIpc) is 2.46. The van der Waals surface area contributed by atoms with Crippen LogP contribution < -0.4 is 10.1 Å². The van der Waals surface area contributed by atoms with Gasteiger partial charge in [0.15, 0.2) is 0 Å². The van der Waals surface area contributed by atoms with Crippen molar-refractivity contribution in [2.75, 3.05) is 13.2 Å². The predicted octanol–water partition coefficient (Wildman–Crippen LogP) is 3.62. The molecule has 1 aliphatic rings.